The number of carbonyl (C=O) groups is 1. The first-order chi connectivity index (χ1) is 11.7. The van der Waals surface area contributed by atoms with Crippen LogP contribution in [0.5, 0.6) is 0 Å². The van der Waals surface area contributed by atoms with E-state index in [4.69, 9.17) is 0 Å². The fourth-order valence-electron chi connectivity index (χ4n) is 3.88. The third-order valence-corrected chi connectivity index (χ3v) is 5.64. The molecule has 2 fully saturated rings. The van der Waals surface area contributed by atoms with Crippen molar-refractivity contribution >= 4 is 5.91 Å². The van der Waals surface area contributed by atoms with Crippen molar-refractivity contribution in [2.45, 2.75) is 62.8 Å². The van der Waals surface area contributed by atoms with Crippen molar-refractivity contribution in [3.63, 3.8) is 0 Å². The minimum atomic E-state index is -0.309. The van der Waals surface area contributed by atoms with Crippen LogP contribution in [0.4, 0.5) is 0 Å². The summed E-state index contributed by atoms with van der Waals surface area (Å²) >= 11 is 0. The van der Waals surface area contributed by atoms with E-state index < -0.39 is 0 Å². The Bertz CT molecular complexity index is 608. The van der Waals surface area contributed by atoms with Crippen molar-refractivity contribution in [1.82, 2.24) is 5.32 Å². The fraction of sp³-hybridized carbons (Fsp3) is 0.600. The maximum Gasteiger partial charge on any atom is 0.251 e. The molecule has 1 aromatic carbocycles. The number of carbonyl (C=O) groups excluding carboxylic acids is 1. The van der Waals surface area contributed by atoms with Crippen LogP contribution in [0.25, 0.3) is 0 Å². The quantitative estimate of drug-likeness (QED) is 0.842. The van der Waals surface area contributed by atoms with Crippen LogP contribution < -0.4 is 5.32 Å². The minimum absolute atomic E-state index is 0.0522. The Morgan fingerprint density at radius 1 is 1.25 bits per heavy atom. The number of aliphatic hydroxyl groups excluding tert-OH is 1. The highest BCUT2D eigenvalue weighted by molar-refractivity contribution is 5.94. The fourth-order valence-corrected chi connectivity index (χ4v) is 3.88. The Labute approximate surface area is 143 Å². The number of benzene rings is 1. The summed E-state index contributed by atoms with van der Waals surface area (Å²) in [6, 6.07) is 9.89. The van der Waals surface area contributed by atoms with Gasteiger partial charge in [-0.25, -0.2) is 0 Å². The second kappa shape index (κ2) is 7.36. The molecule has 24 heavy (non-hydrogen) atoms. The summed E-state index contributed by atoms with van der Waals surface area (Å²) < 4.78 is 0. The molecule has 2 aliphatic carbocycles. The average molecular weight is 326 g/mol. The van der Waals surface area contributed by atoms with Crippen molar-refractivity contribution in [2.24, 2.45) is 5.92 Å². The molecule has 1 amide bonds. The third kappa shape index (κ3) is 3.62. The molecule has 0 bridgehead atoms. The normalized spacial score (nSPS) is 20.8. The molecule has 0 saturated heterocycles. The second-order valence-electron chi connectivity index (χ2n) is 7.26. The van der Waals surface area contributed by atoms with Crippen molar-refractivity contribution in [3.05, 3.63) is 35.4 Å². The molecule has 2 N–H and O–H groups in total. The molecule has 128 valence electrons. The molecule has 2 saturated carbocycles. The van der Waals surface area contributed by atoms with Gasteiger partial charge in [0.15, 0.2) is 0 Å². The van der Waals surface area contributed by atoms with Crippen LogP contribution in [0.3, 0.4) is 0 Å². The van der Waals surface area contributed by atoms with E-state index in [9.17, 15) is 15.2 Å². The smallest absolute Gasteiger partial charge is 0.251 e. The second-order valence-corrected chi connectivity index (χ2v) is 7.26. The zero-order valence-corrected chi connectivity index (χ0v) is 14.1. The van der Waals surface area contributed by atoms with Gasteiger partial charge in [0.1, 0.15) is 0 Å². The first kappa shape index (κ1) is 17.0. The lowest BCUT2D eigenvalue weighted by Gasteiger charge is -2.30. The van der Waals surface area contributed by atoms with Gasteiger partial charge in [0, 0.05) is 18.2 Å². The SMILES string of the molecule is N#CC1(c2ccc(C(=O)NC(CCO)C3CCCCC3)cc2)CC1. The molecular formula is C20H26N2O2. The van der Waals surface area contributed by atoms with Gasteiger partial charge in [-0.2, -0.15) is 5.26 Å². The molecule has 0 aromatic heterocycles. The van der Waals surface area contributed by atoms with Gasteiger partial charge in [-0.05, 0) is 55.7 Å². The van der Waals surface area contributed by atoms with Crippen LogP contribution in [-0.4, -0.2) is 23.7 Å². The van der Waals surface area contributed by atoms with E-state index in [1.54, 1.807) is 0 Å². The first-order valence-electron chi connectivity index (χ1n) is 9.12. The lowest BCUT2D eigenvalue weighted by atomic mass is 9.82. The van der Waals surface area contributed by atoms with Gasteiger partial charge in [0.2, 0.25) is 0 Å². The van der Waals surface area contributed by atoms with Crippen LogP contribution in [0, 0.1) is 17.2 Å². The van der Waals surface area contributed by atoms with Gasteiger partial charge >= 0.3 is 0 Å². The van der Waals surface area contributed by atoms with E-state index in [0.29, 0.717) is 17.9 Å². The molecule has 3 rings (SSSR count). The third-order valence-electron chi connectivity index (χ3n) is 5.64. The zero-order chi connectivity index (χ0) is 17.0. The van der Waals surface area contributed by atoms with Crippen LogP contribution >= 0.6 is 0 Å². The van der Waals surface area contributed by atoms with Crippen LogP contribution in [0.2, 0.25) is 0 Å². The topological polar surface area (TPSA) is 73.1 Å². The molecule has 1 aromatic rings. The molecule has 0 spiro atoms. The van der Waals surface area contributed by atoms with Crippen LogP contribution in [0.1, 0.15) is 67.3 Å². The highest BCUT2D eigenvalue weighted by Gasteiger charge is 2.44. The number of nitriles is 1. The van der Waals surface area contributed by atoms with Gasteiger partial charge in [0.05, 0.1) is 11.5 Å². The molecular weight excluding hydrogens is 300 g/mol. The van der Waals surface area contributed by atoms with Crippen molar-refractivity contribution in [3.8, 4) is 6.07 Å². The summed E-state index contributed by atoms with van der Waals surface area (Å²) in [7, 11) is 0. The number of nitrogens with zero attached hydrogens (tertiary/aromatic N) is 1. The van der Waals surface area contributed by atoms with Gasteiger partial charge in [-0.15, -0.1) is 0 Å². The number of hydrogen-bond acceptors (Lipinski definition) is 3. The van der Waals surface area contributed by atoms with Crippen molar-refractivity contribution in [1.29, 1.82) is 5.26 Å². The van der Waals surface area contributed by atoms with E-state index in [1.807, 2.05) is 24.3 Å². The largest absolute Gasteiger partial charge is 0.396 e. The Hall–Kier alpha value is -1.86. The number of nitrogens with one attached hydrogen (secondary N) is 1. The molecule has 1 atom stereocenters. The highest BCUT2D eigenvalue weighted by atomic mass is 16.3. The summed E-state index contributed by atoms with van der Waals surface area (Å²) in [6.07, 6.45) is 8.42. The Balaban J connectivity index is 1.65. The van der Waals surface area contributed by atoms with Crippen molar-refractivity contribution in [2.75, 3.05) is 6.61 Å². The molecule has 0 heterocycles. The Morgan fingerprint density at radius 2 is 1.92 bits per heavy atom. The maximum atomic E-state index is 12.6. The minimum Gasteiger partial charge on any atom is -0.396 e. The van der Waals surface area contributed by atoms with E-state index in [-0.39, 0.29) is 24.0 Å². The highest BCUT2D eigenvalue weighted by Crippen LogP contribution is 2.47. The van der Waals surface area contributed by atoms with E-state index in [1.165, 1.54) is 19.3 Å². The standard InChI is InChI=1S/C20H26N2O2/c21-14-20(11-12-20)17-8-6-16(7-9-17)19(24)22-18(10-13-23)15-4-2-1-3-5-15/h6-9,15,18,23H,1-5,10-13H2,(H,22,24). The van der Waals surface area contributed by atoms with E-state index >= 15 is 0 Å². The van der Waals surface area contributed by atoms with Crippen LogP contribution in [-0.2, 0) is 5.41 Å². The summed E-state index contributed by atoms with van der Waals surface area (Å²) in [5, 5.41) is 21.7. The van der Waals surface area contributed by atoms with Gasteiger partial charge < -0.3 is 10.4 Å². The van der Waals surface area contributed by atoms with Gasteiger partial charge in [0.25, 0.3) is 5.91 Å². The predicted octanol–water partition coefficient (Wildman–Crippen LogP) is 3.30. The average Bonchev–Trinajstić information content (AvgIpc) is 3.43. The Kier molecular flexibility index (Phi) is 5.20. The summed E-state index contributed by atoms with van der Waals surface area (Å²) in [5.41, 5.74) is 1.34. The zero-order valence-electron chi connectivity index (χ0n) is 14.1. The number of rotatable bonds is 6. The first-order valence-corrected chi connectivity index (χ1v) is 9.12. The Morgan fingerprint density at radius 3 is 2.46 bits per heavy atom. The lowest BCUT2D eigenvalue weighted by Crippen LogP contribution is -2.41. The predicted molar refractivity (Wildman–Crippen MR) is 92.5 cm³/mol. The van der Waals surface area contributed by atoms with E-state index in [2.05, 4.69) is 11.4 Å². The lowest BCUT2D eigenvalue weighted by molar-refractivity contribution is 0.0899. The summed E-state index contributed by atoms with van der Waals surface area (Å²) in [5.74, 6) is 0.398. The summed E-state index contributed by atoms with van der Waals surface area (Å²) in [4.78, 5) is 12.6. The molecule has 0 radical (unpaired) electrons. The molecule has 2 aliphatic rings. The monoisotopic (exact) mass is 326 g/mol. The van der Waals surface area contributed by atoms with Gasteiger partial charge in [-0.1, -0.05) is 31.4 Å². The van der Waals surface area contributed by atoms with Gasteiger partial charge in [-0.3, -0.25) is 4.79 Å². The molecule has 4 nitrogen and oxygen atoms in total. The molecule has 0 aliphatic heterocycles. The maximum absolute atomic E-state index is 12.6. The van der Waals surface area contributed by atoms with E-state index in [0.717, 1.165) is 31.2 Å². The molecule has 4 heteroatoms. The van der Waals surface area contributed by atoms with Crippen molar-refractivity contribution < 1.29 is 9.90 Å². The number of aliphatic hydroxyl groups is 1. The molecule has 1 unspecified atom stereocenters. The number of amides is 1. The summed E-state index contributed by atoms with van der Waals surface area (Å²) in [6.45, 7) is 0.102. The number of hydrogen-bond donors (Lipinski definition) is 2. The van der Waals surface area contributed by atoms with Crippen LogP contribution in [0.15, 0.2) is 24.3 Å².